The largest absolute Gasteiger partial charge is 0.441 e. The molecule has 114 valence electrons. The molecular formula is C17H24N2O2. The molecule has 0 saturated carbocycles. The molecule has 0 bridgehead atoms. The number of fused-ring (bicyclic) bond motifs is 1. The Hall–Kier alpha value is -1.39. The van der Waals surface area contributed by atoms with Gasteiger partial charge in [0.05, 0.1) is 6.10 Å². The number of rotatable bonds is 6. The minimum absolute atomic E-state index is 0.256. The number of aromatic nitrogens is 1. The van der Waals surface area contributed by atoms with Gasteiger partial charge in [-0.15, -0.1) is 0 Å². The summed E-state index contributed by atoms with van der Waals surface area (Å²) in [5.41, 5.74) is 1.80. The molecule has 3 rings (SSSR count). The number of nitrogens with zero attached hydrogens (tertiary/aromatic N) is 1. The maximum Gasteiger partial charge on any atom is 0.197 e. The lowest BCUT2D eigenvalue weighted by Gasteiger charge is -2.26. The van der Waals surface area contributed by atoms with Gasteiger partial charge in [-0.05, 0) is 37.4 Å². The summed E-state index contributed by atoms with van der Waals surface area (Å²) >= 11 is 0. The molecule has 2 aromatic rings. The van der Waals surface area contributed by atoms with Crippen LogP contribution in [0.15, 0.2) is 28.7 Å². The molecule has 21 heavy (non-hydrogen) atoms. The Morgan fingerprint density at radius 2 is 2.24 bits per heavy atom. The van der Waals surface area contributed by atoms with E-state index >= 15 is 0 Å². The summed E-state index contributed by atoms with van der Waals surface area (Å²) in [5.74, 6) is 1.39. The maximum absolute atomic E-state index is 5.94. The molecule has 1 aromatic heterocycles. The van der Waals surface area contributed by atoms with Crippen molar-refractivity contribution < 1.29 is 9.15 Å². The lowest BCUT2D eigenvalue weighted by Crippen LogP contribution is -2.44. The molecule has 0 amide bonds. The lowest BCUT2D eigenvalue weighted by molar-refractivity contribution is 0.0591. The maximum atomic E-state index is 5.94. The summed E-state index contributed by atoms with van der Waals surface area (Å²) in [5, 5.41) is 3.61. The van der Waals surface area contributed by atoms with E-state index in [1.807, 2.05) is 24.3 Å². The van der Waals surface area contributed by atoms with Gasteiger partial charge in [0.1, 0.15) is 5.52 Å². The van der Waals surface area contributed by atoms with Crippen LogP contribution in [0.2, 0.25) is 0 Å². The van der Waals surface area contributed by atoms with Crippen molar-refractivity contribution in [3.63, 3.8) is 0 Å². The molecule has 3 unspecified atom stereocenters. The molecular weight excluding hydrogens is 264 g/mol. The molecule has 1 aromatic carbocycles. The second kappa shape index (κ2) is 6.58. The Morgan fingerprint density at radius 1 is 1.38 bits per heavy atom. The van der Waals surface area contributed by atoms with Crippen molar-refractivity contribution >= 4 is 11.1 Å². The highest BCUT2D eigenvalue weighted by Crippen LogP contribution is 2.25. The normalized spacial score (nSPS) is 23.7. The van der Waals surface area contributed by atoms with Crippen LogP contribution in [-0.2, 0) is 11.2 Å². The fourth-order valence-corrected chi connectivity index (χ4v) is 3.06. The van der Waals surface area contributed by atoms with Gasteiger partial charge in [-0.25, -0.2) is 4.98 Å². The van der Waals surface area contributed by atoms with Crippen molar-refractivity contribution in [2.75, 3.05) is 13.2 Å². The molecule has 0 spiro atoms. The fraction of sp³-hybridized carbons (Fsp3) is 0.588. The van der Waals surface area contributed by atoms with Crippen molar-refractivity contribution in [1.29, 1.82) is 0 Å². The van der Waals surface area contributed by atoms with Crippen LogP contribution >= 0.6 is 0 Å². The first-order valence-corrected chi connectivity index (χ1v) is 7.97. The van der Waals surface area contributed by atoms with Crippen LogP contribution in [0.3, 0.4) is 0 Å². The predicted molar refractivity (Wildman–Crippen MR) is 83.3 cm³/mol. The van der Waals surface area contributed by atoms with E-state index in [2.05, 4.69) is 24.1 Å². The van der Waals surface area contributed by atoms with Gasteiger partial charge in [0, 0.05) is 19.1 Å². The molecule has 4 nitrogen and oxygen atoms in total. The third-order valence-corrected chi connectivity index (χ3v) is 4.23. The van der Waals surface area contributed by atoms with Gasteiger partial charge in [0.25, 0.3) is 0 Å². The molecule has 1 aliphatic rings. The zero-order valence-corrected chi connectivity index (χ0v) is 12.8. The van der Waals surface area contributed by atoms with Crippen LogP contribution in [0.25, 0.3) is 11.1 Å². The van der Waals surface area contributed by atoms with E-state index in [-0.39, 0.29) is 12.1 Å². The number of hydrogen-bond acceptors (Lipinski definition) is 4. The summed E-state index contributed by atoms with van der Waals surface area (Å²) < 4.78 is 11.8. The van der Waals surface area contributed by atoms with E-state index in [0.29, 0.717) is 5.92 Å². The van der Waals surface area contributed by atoms with E-state index in [4.69, 9.17) is 9.15 Å². The Morgan fingerprint density at radius 3 is 2.95 bits per heavy atom. The van der Waals surface area contributed by atoms with E-state index < -0.39 is 0 Å². The quantitative estimate of drug-likeness (QED) is 0.887. The first-order chi connectivity index (χ1) is 10.3. The summed E-state index contributed by atoms with van der Waals surface area (Å²) in [6.45, 7) is 6.31. The second-order valence-electron chi connectivity index (χ2n) is 5.94. The second-order valence-corrected chi connectivity index (χ2v) is 5.94. The van der Waals surface area contributed by atoms with Crippen LogP contribution in [0.5, 0.6) is 0 Å². The monoisotopic (exact) mass is 288 g/mol. The molecule has 0 aliphatic carbocycles. The van der Waals surface area contributed by atoms with Crippen LogP contribution in [0, 0.1) is 5.92 Å². The van der Waals surface area contributed by atoms with Gasteiger partial charge < -0.3 is 14.5 Å². The number of oxazole rings is 1. The molecule has 1 fully saturated rings. The van der Waals surface area contributed by atoms with E-state index in [9.17, 15) is 0 Å². The molecule has 1 N–H and O–H groups in total. The van der Waals surface area contributed by atoms with Crippen molar-refractivity contribution in [2.24, 2.45) is 5.92 Å². The number of para-hydroxylation sites is 2. The van der Waals surface area contributed by atoms with Crippen molar-refractivity contribution in [1.82, 2.24) is 10.3 Å². The fourth-order valence-electron chi connectivity index (χ4n) is 3.06. The summed E-state index contributed by atoms with van der Waals surface area (Å²) in [6, 6.07) is 8.20. The Bertz CT molecular complexity index is 548. The minimum Gasteiger partial charge on any atom is -0.441 e. The highest BCUT2D eigenvalue weighted by atomic mass is 16.5. The van der Waals surface area contributed by atoms with Crippen LogP contribution < -0.4 is 5.32 Å². The van der Waals surface area contributed by atoms with Crippen LogP contribution in [0.4, 0.5) is 0 Å². The standard InChI is InChI=1S/C17H24N2O2/c1-3-9-18-14(17-12(2)8-10-20-17)11-16-19-13-6-4-5-7-15(13)21-16/h4-7,12,14,17-18H,3,8-11H2,1-2H3. The third kappa shape index (κ3) is 3.27. The Balaban J connectivity index is 1.76. The van der Waals surface area contributed by atoms with E-state index in [0.717, 1.165) is 49.4 Å². The molecule has 0 radical (unpaired) electrons. The number of nitrogens with one attached hydrogen (secondary N) is 1. The third-order valence-electron chi connectivity index (χ3n) is 4.23. The Labute approximate surface area is 125 Å². The van der Waals surface area contributed by atoms with Crippen LogP contribution in [-0.4, -0.2) is 30.3 Å². The number of hydrogen-bond donors (Lipinski definition) is 1. The van der Waals surface area contributed by atoms with Gasteiger partial charge in [0.15, 0.2) is 11.5 Å². The topological polar surface area (TPSA) is 47.3 Å². The van der Waals surface area contributed by atoms with Gasteiger partial charge in [-0.2, -0.15) is 0 Å². The number of benzene rings is 1. The summed E-state index contributed by atoms with van der Waals surface area (Å²) in [6.07, 6.45) is 3.30. The molecule has 4 heteroatoms. The SMILES string of the molecule is CCCNC(Cc1nc2ccccc2o1)C1OCCC1C. The van der Waals surface area contributed by atoms with Crippen LogP contribution in [0.1, 0.15) is 32.6 Å². The van der Waals surface area contributed by atoms with Gasteiger partial charge in [0.2, 0.25) is 0 Å². The minimum atomic E-state index is 0.256. The zero-order valence-electron chi connectivity index (χ0n) is 12.8. The molecule has 3 atom stereocenters. The summed E-state index contributed by atoms with van der Waals surface area (Å²) in [4.78, 5) is 4.59. The lowest BCUT2D eigenvalue weighted by atomic mass is 9.95. The van der Waals surface area contributed by atoms with E-state index in [1.54, 1.807) is 0 Å². The first kappa shape index (κ1) is 14.5. The smallest absolute Gasteiger partial charge is 0.197 e. The first-order valence-electron chi connectivity index (χ1n) is 7.97. The molecule has 1 aliphatic heterocycles. The molecule has 1 saturated heterocycles. The highest BCUT2D eigenvalue weighted by molar-refractivity contribution is 5.72. The molecule has 2 heterocycles. The highest BCUT2D eigenvalue weighted by Gasteiger charge is 2.32. The number of ether oxygens (including phenoxy) is 1. The summed E-state index contributed by atoms with van der Waals surface area (Å²) in [7, 11) is 0. The Kier molecular flexibility index (Phi) is 4.56. The average molecular weight is 288 g/mol. The average Bonchev–Trinajstić information content (AvgIpc) is 3.08. The van der Waals surface area contributed by atoms with Gasteiger partial charge in [-0.1, -0.05) is 26.0 Å². The van der Waals surface area contributed by atoms with Gasteiger partial charge in [-0.3, -0.25) is 0 Å². The predicted octanol–water partition coefficient (Wildman–Crippen LogP) is 3.16. The van der Waals surface area contributed by atoms with Gasteiger partial charge >= 0.3 is 0 Å². The zero-order chi connectivity index (χ0) is 14.7. The van der Waals surface area contributed by atoms with Crippen molar-refractivity contribution in [3.8, 4) is 0 Å². The van der Waals surface area contributed by atoms with Crippen molar-refractivity contribution in [2.45, 2.75) is 45.3 Å². The van der Waals surface area contributed by atoms with Crippen molar-refractivity contribution in [3.05, 3.63) is 30.2 Å². The van der Waals surface area contributed by atoms with E-state index in [1.165, 1.54) is 0 Å².